The van der Waals surface area contributed by atoms with E-state index in [2.05, 4.69) is 39.1 Å². The van der Waals surface area contributed by atoms with E-state index in [-0.39, 0.29) is 22.6 Å². The Labute approximate surface area is 189 Å². The standard InChI is InChI=1S/C24H21F2N7/c1-13-28-12-33(32-13)22-27-10-8-19(29-22)24-9-7-15(23(24,2)3)14-11-18(30-31-21(14)24)20-16(25)5-4-6-17(20)26/h4-6,8,10-12,15H,7,9H2,1-3H3/t15-,24-/m0/s1. The summed E-state index contributed by atoms with van der Waals surface area (Å²) in [6.07, 6.45) is 5.09. The summed E-state index contributed by atoms with van der Waals surface area (Å²) < 4.78 is 30.4. The van der Waals surface area contributed by atoms with Gasteiger partial charge in [0.15, 0.2) is 0 Å². The normalized spacial score (nSPS) is 22.5. The summed E-state index contributed by atoms with van der Waals surface area (Å²) >= 11 is 0. The van der Waals surface area contributed by atoms with Gasteiger partial charge in [0.25, 0.3) is 5.95 Å². The Balaban J connectivity index is 1.53. The Bertz CT molecular complexity index is 1390. The largest absolute Gasteiger partial charge is 0.252 e. The van der Waals surface area contributed by atoms with Crippen LogP contribution in [-0.4, -0.2) is 34.9 Å². The zero-order chi connectivity index (χ0) is 23.0. The van der Waals surface area contributed by atoms with Crippen molar-refractivity contribution in [3.8, 4) is 17.2 Å². The second-order valence-electron chi connectivity index (χ2n) is 9.33. The van der Waals surface area contributed by atoms with Gasteiger partial charge >= 0.3 is 0 Å². The predicted octanol–water partition coefficient (Wildman–Crippen LogP) is 4.30. The molecule has 33 heavy (non-hydrogen) atoms. The number of fused-ring (bicyclic) bond motifs is 5. The van der Waals surface area contributed by atoms with Gasteiger partial charge in [-0.15, -0.1) is 10.2 Å². The fraction of sp³-hybridized carbons (Fsp3) is 0.333. The van der Waals surface area contributed by atoms with Crippen LogP contribution in [0, 0.1) is 24.0 Å². The summed E-state index contributed by atoms with van der Waals surface area (Å²) in [6.45, 7) is 6.22. The first-order valence-corrected chi connectivity index (χ1v) is 10.9. The predicted molar refractivity (Wildman–Crippen MR) is 116 cm³/mol. The second-order valence-corrected chi connectivity index (χ2v) is 9.33. The van der Waals surface area contributed by atoms with Crippen molar-refractivity contribution in [2.75, 3.05) is 0 Å². The number of benzene rings is 1. The van der Waals surface area contributed by atoms with Crippen LogP contribution in [0.25, 0.3) is 17.2 Å². The lowest BCUT2D eigenvalue weighted by Crippen LogP contribution is -2.38. The molecular formula is C24H21F2N7. The van der Waals surface area contributed by atoms with Crippen molar-refractivity contribution in [2.45, 2.75) is 44.9 Å². The van der Waals surface area contributed by atoms with Crippen molar-refractivity contribution >= 4 is 0 Å². The third-order valence-electron chi connectivity index (χ3n) is 7.49. The Morgan fingerprint density at radius 1 is 1.06 bits per heavy atom. The number of aryl methyl sites for hydroxylation is 1. The molecule has 3 aromatic heterocycles. The van der Waals surface area contributed by atoms with Crippen LogP contribution in [0.2, 0.25) is 0 Å². The number of hydrogen-bond donors (Lipinski definition) is 0. The zero-order valence-electron chi connectivity index (χ0n) is 18.4. The highest BCUT2D eigenvalue weighted by Crippen LogP contribution is 2.69. The molecule has 2 bridgehead atoms. The fourth-order valence-electron chi connectivity index (χ4n) is 5.90. The highest BCUT2D eigenvalue weighted by Gasteiger charge is 2.65. The highest BCUT2D eigenvalue weighted by molar-refractivity contribution is 5.64. The molecule has 0 amide bonds. The van der Waals surface area contributed by atoms with Crippen molar-refractivity contribution in [2.24, 2.45) is 5.41 Å². The molecule has 0 unspecified atom stereocenters. The smallest absolute Gasteiger partial charge is 0.220 e. The van der Waals surface area contributed by atoms with Crippen molar-refractivity contribution in [1.82, 2.24) is 34.9 Å². The minimum absolute atomic E-state index is 0.145. The first kappa shape index (κ1) is 20.0. The Morgan fingerprint density at radius 3 is 2.58 bits per heavy atom. The summed E-state index contributed by atoms with van der Waals surface area (Å²) in [5, 5.41) is 13.2. The molecule has 0 aliphatic heterocycles. The van der Waals surface area contributed by atoms with Crippen molar-refractivity contribution < 1.29 is 8.78 Å². The molecule has 166 valence electrons. The van der Waals surface area contributed by atoms with Crippen LogP contribution in [0.1, 0.15) is 55.4 Å². The van der Waals surface area contributed by atoms with Gasteiger partial charge in [0.05, 0.1) is 28.1 Å². The summed E-state index contributed by atoms with van der Waals surface area (Å²) in [6, 6.07) is 7.54. The van der Waals surface area contributed by atoms with Gasteiger partial charge in [-0.25, -0.2) is 23.7 Å². The maximum absolute atomic E-state index is 14.4. The number of aromatic nitrogens is 7. The third-order valence-corrected chi connectivity index (χ3v) is 7.49. The molecule has 1 saturated carbocycles. The lowest BCUT2D eigenvalue weighted by molar-refractivity contribution is 0.242. The van der Waals surface area contributed by atoms with E-state index in [9.17, 15) is 8.78 Å². The first-order chi connectivity index (χ1) is 15.8. The Kier molecular flexibility index (Phi) is 4.06. The fourth-order valence-corrected chi connectivity index (χ4v) is 5.90. The monoisotopic (exact) mass is 445 g/mol. The van der Waals surface area contributed by atoms with Crippen molar-refractivity contribution in [3.63, 3.8) is 0 Å². The average Bonchev–Trinajstić information content (AvgIpc) is 3.40. The lowest BCUT2D eigenvalue weighted by Gasteiger charge is -2.37. The van der Waals surface area contributed by atoms with Crippen LogP contribution in [0.15, 0.2) is 42.9 Å². The van der Waals surface area contributed by atoms with Gasteiger partial charge in [0.1, 0.15) is 23.8 Å². The second kappa shape index (κ2) is 6.69. The summed E-state index contributed by atoms with van der Waals surface area (Å²) in [5.41, 5.74) is 2.00. The van der Waals surface area contributed by atoms with Crippen molar-refractivity contribution in [3.05, 3.63) is 77.3 Å². The van der Waals surface area contributed by atoms with E-state index >= 15 is 0 Å². The van der Waals surface area contributed by atoms with Crippen LogP contribution in [0.5, 0.6) is 0 Å². The van der Waals surface area contributed by atoms with Crippen LogP contribution < -0.4 is 0 Å². The Hall–Kier alpha value is -3.62. The van der Waals surface area contributed by atoms with Crippen LogP contribution in [0.4, 0.5) is 8.78 Å². The van der Waals surface area contributed by atoms with Gasteiger partial charge in [-0.1, -0.05) is 19.9 Å². The molecular weight excluding hydrogens is 424 g/mol. The molecule has 3 heterocycles. The van der Waals surface area contributed by atoms with Crippen LogP contribution in [-0.2, 0) is 5.41 Å². The molecule has 0 spiro atoms. The molecule has 1 aromatic carbocycles. The van der Waals surface area contributed by atoms with Crippen LogP contribution in [0.3, 0.4) is 0 Å². The van der Waals surface area contributed by atoms with Gasteiger partial charge in [-0.05, 0) is 60.9 Å². The molecule has 0 radical (unpaired) electrons. The molecule has 2 aliphatic carbocycles. The number of hydrogen-bond acceptors (Lipinski definition) is 6. The van der Waals surface area contributed by atoms with Gasteiger partial charge < -0.3 is 0 Å². The summed E-state index contributed by atoms with van der Waals surface area (Å²) in [4.78, 5) is 13.4. The molecule has 9 heteroatoms. The maximum Gasteiger partial charge on any atom is 0.252 e. The molecule has 7 nitrogen and oxygen atoms in total. The molecule has 2 aliphatic rings. The molecule has 6 rings (SSSR count). The molecule has 1 fully saturated rings. The highest BCUT2D eigenvalue weighted by atomic mass is 19.1. The maximum atomic E-state index is 14.4. The zero-order valence-corrected chi connectivity index (χ0v) is 18.4. The average molecular weight is 445 g/mol. The first-order valence-electron chi connectivity index (χ1n) is 10.9. The van der Waals surface area contributed by atoms with Crippen molar-refractivity contribution in [1.29, 1.82) is 0 Å². The molecule has 4 aromatic rings. The third kappa shape index (κ3) is 2.59. The molecule has 0 saturated heterocycles. The van der Waals surface area contributed by atoms with Gasteiger partial charge in [-0.3, -0.25) is 0 Å². The molecule has 2 atom stereocenters. The molecule has 0 N–H and O–H groups in total. The topological polar surface area (TPSA) is 82.3 Å². The van der Waals surface area contributed by atoms with E-state index in [1.165, 1.54) is 18.2 Å². The Morgan fingerprint density at radius 2 is 1.85 bits per heavy atom. The summed E-state index contributed by atoms with van der Waals surface area (Å²) in [7, 11) is 0. The van der Waals surface area contributed by atoms with E-state index in [1.54, 1.807) is 23.3 Å². The van der Waals surface area contributed by atoms with Gasteiger partial charge in [-0.2, -0.15) is 9.78 Å². The lowest BCUT2D eigenvalue weighted by atomic mass is 9.66. The number of nitrogens with zero attached hydrogens (tertiary/aromatic N) is 7. The van der Waals surface area contributed by atoms with Gasteiger partial charge in [0.2, 0.25) is 0 Å². The summed E-state index contributed by atoms with van der Waals surface area (Å²) in [5.74, 6) is -0.0555. The van der Waals surface area contributed by atoms with E-state index in [4.69, 9.17) is 4.98 Å². The quantitative estimate of drug-likeness (QED) is 0.468. The minimum atomic E-state index is -0.648. The SMILES string of the molecule is Cc1ncn(-c2nccc([C@@]34CC[C@@H](c5cc(-c6c(F)cccc6F)nnc53)C4(C)C)n2)n1. The minimum Gasteiger partial charge on any atom is -0.220 e. The van der Waals surface area contributed by atoms with Gasteiger partial charge in [0, 0.05) is 6.20 Å². The van der Waals surface area contributed by atoms with E-state index in [0.29, 0.717) is 11.8 Å². The van der Waals surface area contributed by atoms with Crippen LogP contribution >= 0.6 is 0 Å². The number of rotatable bonds is 3. The van der Waals surface area contributed by atoms with E-state index in [1.807, 2.05) is 13.0 Å². The number of halogens is 2. The van der Waals surface area contributed by atoms with E-state index in [0.717, 1.165) is 29.8 Å². The van der Waals surface area contributed by atoms with E-state index < -0.39 is 17.0 Å².